The molecule has 148 valence electrons. The van der Waals surface area contributed by atoms with E-state index in [-0.39, 0.29) is 11.5 Å². The molecule has 28 heavy (non-hydrogen) atoms. The van der Waals surface area contributed by atoms with Gasteiger partial charge in [-0.25, -0.2) is 0 Å². The number of fused-ring (bicyclic) bond motifs is 1. The van der Waals surface area contributed by atoms with Crippen molar-refractivity contribution in [1.82, 2.24) is 14.8 Å². The summed E-state index contributed by atoms with van der Waals surface area (Å²) in [5.74, 6) is 0.949. The van der Waals surface area contributed by atoms with Crippen molar-refractivity contribution in [3.63, 3.8) is 0 Å². The first-order chi connectivity index (χ1) is 13.5. The minimum Gasteiger partial charge on any atom is -0.485 e. The molecule has 0 radical (unpaired) electrons. The van der Waals surface area contributed by atoms with E-state index < -0.39 is 0 Å². The Hall–Kier alpha value is -2.40. The molecule has 5 heteroatoms. The van der Waals surface area contributed by atoms with Gasteiger partial charge >= 0.3 is 0 Å². The van der Waals surface area contributed by atoms with E-state index in [0.29, 0.717) is 24.7 Å². The van der Waals surface area contributed by atoms with Crippen LogP contribution >= 0.6 is 0 Å². The summed E-state index contributed by atoms with van der Waals surface area (Å²) in [4.78, 5) is 21.9. The van der Waals surface area contributed by atoms with Gasteiger partial charge in [-0.3, -0.25) is 9.78 Å². The van der Waals surface area contributed by atoms with Gasteiger partial charge in [-0.15, -0.1) is 0 Å². The molecule has 1 aliphatic heterocycles. The lowest BCUT2D eigenvalue weighted by atomic mass is 9.81. The van der Waals surface area contributed by atoms with Crippen LogP contribution in [-0.2, 0) is 6.54 Å². The topological polar surface area (TPSA) is 45.7 Å². The number of hydrogen-bond acceptors (Lipinski definition) is 4. The molecule has 1 fully saturated rings. The maximum Gasteiger partial charge on any atom is 0.255 e. The van der Waals surface area contributed by atoms with E-state index in [9.17, 15) is 4.79 Å². The second-order valence-electron chi connectivity index (χ2n) is 8.44. The Kier molecular flexibility index (Phi) is 5.11. The first-order valence-corrected chi connectivity index (χ1v) is 10.1. The molecule has 0 saturated heterocycles. The number of carbonyl (C=O) groups is 1. The zero-order chi connectivity index (χ0) is 19.7. The van der Waals surface area contributed by atoms with Crippen molar-refractivity contribution in [2.24, 2.45) is 0 Å². The summed E-state index contributed by atoms with van der Waals surface area (Å²) in [5, 5.41) is 0. The Labute approximate surface area is 167 Å². The van der Waals surface area contributed by atoms with Gasteiger partial charge in [0.15, 0.2) is 0 Å². The van der Waals surface area contributed by atoms with Gasteiger partial charge < -0.3 is 14.5 Å². The van der Waals surface area contributed by atoms with Crippen molar-refractivity contribution in [3.8, 4) is 5.75 Å². The highest BCUT2D eigenvalue weighted by molar-refractivity contribution is 5.94. The second kappa shape index (κ2) is 7.55. The van der Waals surface area contributed by atoms with Gasteiger partial charge in [-0.1, -0.05) is 18.2 Å². The third-order valence-corrected chi connectivity index (χ3v) is 6.18. The largest absolute Gasteiger partial charge is 0.485 e. The highest BCUT2D eigenvalue weighted by atomic mass is 16.5. The van der Waals surface area contributed by atoms with E-state index in [4.69, 9.17) is 4.74 Å². The Morgan fingerprint density at radius 3 is 2.61 bits per heavy atom. The molecule has 1 amide bonds. The van der Waals surface area contributed by atoms with Crippen molar-refractivity contribution in [2.45, 2.75) is 50.8 Å². The lowest BCUT2D eigenvalue weighted by Crippen LogP contribution is -2.51. The number of rotatable bonds is 2. The van der Waals surface area contributed by atoms with Gasteiger partial charge in [-0.2, -0.15) is 0 Å². The molecule has 1 saturated carbocycles. The normalized spacial score (nSPS) is 24.6. The molecular formula is C23H29N3O2. The Balaban J connectivity index is 1.64. The van der Waals surface area contributed by atoms with E-state index in [1.807, 2.05) is 42.2 Å². The lowest BCUT2D eigenvalue weighted by Gasteiger charge is -2.43. The van der Waals surface area contributed by atoms with Crippen LogP contribution in [0.15, 0.2) is 42.6 Å². The molecule has 0 bridgehead atoms. The fraction of sp³-hybridized carbons (Fsp3) is 0.478. The van der Waals surface area contributed by atoms with E-state index in [2.05, 4.69) is 30.0 Å². The van der Waals surface area contributed by atoms with Crippen molar-refractivity contribution < 1.29 is 9.53 Å². The van der Waals surface area contributed by atoms with Gasteiger partial charge in [0.25, 0.3) is 5.91 Å². The number of para-hydroxylation sites is 1. The van der Waals surface area contributed by atoms with Gasteiger partial charge in [0.2, 0.25) is 0 Å². The van der Waals surface area contributed by atoms with Crippen LogP contribution < -0.4 is 4.74 Å². The molecule has 1 spiro atoms. The highest BCUT2D eigenvalue weighted by Gasteiger charge is 2.42. The zero-order valence-corrected chi connectivity index (χ0v) is 17.0. The quantitative estimate of drug-likeness (QED) is 0.799. The van der Waals surface area contributed by atoms with Crippen LogP contribution in [0.2, 0.25) is 0 Å². The van der Waals surface area contributed by atoms with Gasteiger partial charge in [0.05, 0.1) is 12.1 Å². The average molecular weight is 380 g/mol. The van der Waals surface area contributed by atoms with Crippen LogP contribution in [0.3, 0.4) is 0 Å². The number of nitrogens with zero attached hydrogens (tertiary/aromatic N) is 3. The Morgan fingerprint density at radius 2 is 1.93 bits per heavy atom. The number of aryl methyl sites for hydroxylation is 1. The number of amides is 1. The Bertz CT molecular complexity index is 839. The molecule has 2 aromatic rings. The van der Waals surface area contributed by atoms with Crippen LogP contribution in [0, 0.1) is 6.92 Å². The lowest BCUT2D eigenvalue weighted by molar-refractivity contribution is -0.00929. The summed E-state index contributed by atoms with van der Waals surface area (Å²) in [6.45, 7) is 3.12. The minimum atomic E-state index is -0.313. The molecule has 1 aromatic carbocycles. The predicted molar refractivity (Wildman–Crippen MR) is 109 cm³/mol. The number of carbonyl (C=O) groups excluding carboxylic acids is 1. The maximum atomic E-state index is 13.3. The van der Waals surface area contributed by atoms with Crippen molar-refractivity contribution in [2.75, 3.05) is 20.6 Å². The van der Waals surface area contributed by atoms with Crippen molar-refractivity contribution in [1.29, 1.82) is 0 Å². The Morgan fingerprint density at radius 1 is 1.18 bits per heavy atom. The van der Waals surface area contributed by atoms with Crippen LogP contribution in [0.5, 0.6) is 5.75 Å². The van der Waals surface area contributed by atoms with Crippen molar-refractivity contribution >= 4 is 5.91 Å². The zero-order valence-electron chi connectivity index (χ0n) is 17.0. The van der Waals surface area contributed by atoms with E-state index in [1.165, 1.54) is 0 Å². The maximum absolute atomic E-state index is 13.3. The number of benzene rings is 1. The summed E-state index contributed by atoms with van der Waals surface area (Å²) >= 11 is 0. The highest BCUT2D eigenvalue weighted by Crippen LogP contribution is 2.39. The number of ether oxygens (including phenoxy) is 1. The number of hydrogen-bond donors (Lipinski definition) is 0. The monoisotopic (exact) mass is 379 g/mol. The van der Waals surface area contributed by atoms with Gasteiger partial charge in [0.1, 0.15) is 11.4 Å². The molecule has 2 aliphatic rings. The van der Waals surface area contributed by atoms with Gasteiger partial charge in [-0.05, 0) is 64.9 Å². The molecule has 2 heterocycles. The molecule has 0 N–H and O–H groups in total. The van der Waals surface area contributed by atoms with Crippen LogP contribution in [0.25, 0.3) is 0 Å². The summed E-state index contributed by atoms with van der Waals surface area (Å²) in [5.41, 5.74) is 2.32. The van der Waals surface area contributed by atoms with E-state index in [1.54, 1.807) is 6.20 Å². The summed E-state index contributed by atoms with van der Waals surface area (Å²) < 4.78 is 6.62. The van der Waals surface area contributed by atoms with E-state index in [0.717, 1.165) is 42.7 Å². The fourth-order valence-corrected chi connectivity index (χ4v) is 4.43. The minimum absolute atomic E-state index is 0.0295. The molecule has 0 atom stereocenters. The third kappa shape index (κ3) is 3.76. The molecular weight excluding hydrogens is 350 g/mol. The van der Waals surface area contributed by atoms with Crippen LogP contribution in [-0.4, -0.2) is 53.0 Å². The van der Waals surface area contributed by atoms with Crippen LogP contribution in [0.1, 0.15) is 47.3 Å². The standard InChI is InChI=1S/C23H29N3O2/c1-17-8-9-18(14-24-17)22(27)26-15-19-6-4-5-7-21(19)28-23(16-26)12-10-20(11-13-23)25(2)3/h4-9,14,20H,10-13,15-16H2,1-3H3. The first kappa shape index (κ1) is 18.9. The smallest absolute Gasteiger partial charge is 0.255 e. The first-order valence-electron chi connectivity index (χ1n) is 10.1. The summed E-state index contributed by atoms with van der Waals surface area (Å²) in [6.07, 6.45) is 5.78. The number of pyridine rings is 1. The van der Waals surface area contributed by atoms with E-state index >= 15 is 0 Å². The molecule has 5 nitrogen and oxygen atoms in total. The predicted octanol–water partition coefficient (Wildman–Crippen LogP) is 3.67. The third-order valence-electron chi connectivity index (χ3n) is 6.18. The van der Waals surface area contributed by atoms with Gasteiger partial charge in [0, 0.05) is 30.0 Å². The average Bonchev–Trinajstić information content (AvgIpc) is 2.85. The summed E-state index contributed by atoms with van der Waals surface area (Å²) in [6, 6.07) is 12.5. The summed E-state index contributed by atoms with van der Waals surface area (Å²) in [7, 11) is 4.29. The van der Waals surface area contributed by atoms with Crippen LogP contribution in [0.4, 0.5) is 0 Å². The molecule has 1 aromatic heterocycles. The molecule has 4 rings (SSSR count). The second-order valence-corrected chi connectivity index (χ2v) is 8.44. The SMILES string of the molecule is Cc1ccc(C(=O)N2Cc3ccccc3OC3(CCC(N(C)C)CC3)C2)cn1. The molecule has 1 aliphatic carbocycles. The fourth-order valence-electron chi connectivity index (χ4n) is 4.43. The molecule has 0 unspecified atom stereocenters. The number of aromatic nitrogens is 1. The van der Waals surface area contributed by atoms with Crippen molar-refractivity contribution in [3.05, 3.63) is 59.4 Å².